The lowest BCUT2D eigenvalue weighted by Crippen LogP contribution is -2.48. The molecule has 35 heavy (non-hydrogen) atoms. The fourth-order valence-corrected chi connectivity index (χ4v) is 4.78. The highest BCUT2D eigenvalue weighted by molar-refractivity contribution is 7.92. The van der Waals surface area contributed by atoms with E-state index in [0.29, 0.717) is 44.0 Å². The van der Waals surface area contributed by atoms with E-state index in [2.05, 4.69) is 5.32 Å². The highest BCUT2D eigenvalue weighted by Gasteiger charge is 2.26. The number of benzene rings is 2. The number of carbonyl (C=O) groups excluding carboxylic acids is 2. The Morgan fingerprint density at radius 2 is 1.66 bits per heavy atom. The molecule has 0 spiro atoms. The highest BCUT2D eigenvalue weighted by Crippen LogP contribution is 2.30. The van der Waals surface area contributed by atoms with Gasteiger partial charge in [-0.3, -0.25) is 13.9 Å². The van der Waals surface area contributed by atoms with Crippen molar-refractivity contribution in [3.8, 4) is 5.75 Å². The van der Waals surface area contributed by atoms with Crippen molar-refractivity contribution in [3.05, 3.63) is 60.2 Å². The van der Waals surface area contributed by atoms with Crippen LogP contribution in [0.25, 0.3) is 0 Å². The normalized spacial score (nSPS) is 12.0. The second kappa shape index (κ2) is 13.7. The van der Waals surface area contributed by atoms with E-state index in [1.165, 1.54) is 4.31 Å². The third kappa shape index (κ3) is 8.58. The number of nitrogens with zero attached hydrogens (tertiary/aromatic N) is 2. The van der Waals surface area contributed by atoms with Crippen molar-refractivity contribution >= 4 is 27.5 Å². The maximum absolute atomic E-state index is 13.2. The summed E-state index contributed by atoms with van der Waals surface area (Å²) in [7, 11) is -3.60. The van der Waals surface area contributed by atoms with E-state index in [4.69, 9.17) is 4.74 Å². The Bertz CT molecular complexity index is 1060. The molecule has 2 rings (SSSR count). The molecule has 0 saturated heterocycles. The summed E-state index contributed by atoms with van der Waals surface area (Å²) in [5.74, 6) is 0.0737. The smallest absolute Gasteiger partial charge is 0.242 e. The van der Waals surface area contributed by atoms with Gasteiger partial charge in [0.1, 0.15) is 11.8 Å². The lowest BCUT2D eigenvalue weighted by atomic mass is 10.1. The van der Waals surface area contributed by atoms with E-state index >= 15 is 0 Å². The maximum atomic E-state index is 13.2. The summed E-state index contributed by atoms with van der Waals surface area (Å²) < 4.78 is 32.0. The molecule has 2 aromatic carbocycles. The number of rotatable bonds is 14. The topological polar surface area (TPSA) is 96.0 Å². The molecule has 9 heteroatoms. The van der Waals surface area contributed by atoms with Gasteiger partial charge >= 0.3 is 0 Å². The molecule has 1 atom stereocenters. The molecular weight excluding hydrogens is 466 g/mol. The first-order valence-electron chi connectivity index (χ1n) is 12.0. The lowest BCUT2D eigenvalue weighted by molar-refractivity contribution is -0.139. The number of nitrogens with one attached hydrogen (secondary N) is 1. The van der Waals surface area contributed by atoms with Gasteiger partial charge in [-0.05, 0) is 51.3 Å². The van der Waals surface area contributed by atoms with Crippen LogP contribution < -0.4 is 14.4 Å². The van der Waals surface area contributed by atoms with E-state index in [1.807, 2.05) is 44.2 Å². The van der Waals surface area contributed by atoms with Crippen molar-refractivity contribution < 1.29 is 22.7 Å². The molecule has 0 unspecified atom stereocenters. The van der Waals surface area contributed by atoms with Crippen LogP contribution in [0.4, 0.5) is 5.69 Å². The SMILES string of the molecule is CCNC(=O)[C@H](C)N(CCc1ccccc1)C(=O)CCCN(c1ccccc1OCC)S(C)(=O)=O. The Morgan fingerprint density at radius 1 is 1.00 bits per heavy atom. The van der Waals surface area contributed by atoms with Crippen LogP contribution in [0.1, 0.15) is 39.2 Å². The zero-order valence-corrected chi connectivity index (χ0v) is 21.9. The molecule has 0 aromatic heterocycles. The summed E-state index contributed by atoms with van der Waals surface area (Å²) in [6.45, 7) is 6.78. The van der Waals surface area contributed by atoms with Gasteiger partial charge in [0.2, 0.25) is 21.8 Å². The first-order chi connectivity index (χ1) is 16.7. The standard InChI is InChI=1S/C26H37N3O5S/c1-5-27-26(31)21(3)28(20-18-22-13-8-7-9-14-22)25(30)17-12-19-29(35(4,32)33)23-15-10-11-16-24(23)34-6-2/h7-11,13-16,21H,5-6,12,17-20H2,1-4H3,(H,27,31)/t21-/m0/s1. The van der Waals surface area contributed by atoms with Gasteiger partial charge in [0, 0.05) is 26.1 Å². The molecule has 2 amide bonds. The average molecular weight is 504 g/mol. The van der Waals surface area contributed by atoms with Crippen LogP contribution in [0, 0.1) is 0 Å². The number of hydrogen-bond acceptors (Lipinski definition) is 5. The Kier molecular flexibility index (Phi) is 11.0. The van der Waals surface area contributed by atoms with Gasteiger partial charge in [-0.15, -0.1) is 0 Å². The van der Waals surface area contributed by atoms with Gasteiger partial charge in [0.05, 0.1) is 18.6 Å². The summed E-state index contributed by atoms with van der Waals surface area (Å²) in [5, 5.41) is 2.78. The predicted octanol–water partition coefficient (Wildman–Crippen LogP) is 3.23. The van der Waals surface area contributed by atoms with E-state index in [0.717, 1.165) is 11.8 Å². The largest absolute Gasteiger partial charge is 0.492 e. The van der Waals surface area contributed by atoms with Crippen molar-refractivity contribution in [1.82, 2.24) is 10.2 Å². The van der Waals surface area contributed by atoms with Crippen molar-refractivity contribution in [2.45, 2.75) is 46.1 Å². The highest BCUT2D eigenvalue weighted by atomic mass is 32.2. The van der Waals surface area contributed by atoms with Crippen molar-refractivity contribution in [1.29, 1.82) is 0 Å². The number of likely N-dealkylation sites (N-methyl/N-ethyl adjacent to an activating group) is 1. The Hall–Kier alpha value is -3.07. The molecule has 1 N–H and O–H groups in total. The number of amides is 2. The molecule has 0 radical (unpaired) electrons. The number of ether oxygens (including phenoxy) is 1. The van der Waals surface area contributed by atoms with Crippen LogP contribution in [0.15, 0.2) is 54.6 Å². The zero-order chi connectivity index (χ0) is 25.8. The van der Waals surface area contributed by atoms with Gasteiger partial charge in [-0.25, -0.2) is 8.42 Å². The number of anilines is 1. The third-order valence-electron chi connectivity index (χ3n) is 5.59. The molecule has 0 aliphatic heterocycles. The first-order valence-corrected chi connectivity index (χ1v) is 13.8. The second-order valence-corrected chi connectivity index (χ2v) is 10.1. The fraction of sp³-hybridized carbons (Fsp3) is 0.462. The summed E-state index contributed by atoms with van der Waals surface area (Å²) in [6.07, 6.45) is 2.17. The van der Waals surface area contributed by atoms with Crippen LogP contribution in [0.5, 0.6) is 5.75 Å². The minimum atomic E-state index is -3.60. The van der Waals surface area contributed by atoms with Crippen LogP contribution in [-0.2, 0) is 26.0 Å². The van der Waals surface area contributed by atoms with Gasteiger partial charge < -0.3 is 15.0 Å². The monoisotopic (exact) mass is 503 g/mol. The summed E-state index contributed by atoms with van der Waals surface area (Å²) in [6, 6.07) is 16.1. The van der Waals surface area contributed by atoms with E-state index < -0.39 is 16.1 Å². The quantitative estimate of drug-likeness (QED) is 0.427. The maximum Gasteiger partial charge on any atom is 0.242 e. The molecule has 0 aliphatic carbocycles. The van der Waals surface area contributed by atoms with Gasteiger partial charge in [0.25, 0.3) is 0 Å². The molecule has 192 valence electrons. The van der Waals surface area contributed by atoms with Crippen LogP contribution in [0.3, 0.4) is 0 Å². The molecule has 0 heterocycles. The van der Waals surface area contributed by atoms with Crippen molar-refractivity contribution in [2.75, 3.05) is 36.8 Å². The van der Waals surface area contributed by atoms with E-state index in [9.17, 15) is 18.0 Å². The van der Waals surface area contributed by atoms with Gasteiger partial charge in [-0.1, -0.05) is 42.5 Å². The Labute approximate surface area is 209 Å². The van der Waals surface area contributed by atoms with E-state index in [1.54, 1.807) is 36.1 Å². The molecule has 8 nitrogen and oxygen atoms in total. The Morgan fingerprint density at radius 3 is 2.29 bits per heavy atom. The van der Waals surface area contributed by atoms with Gasteiger partial charge in [0.15, 0.2) is 0 Å². The summed E-state index contributed by atoms with van der Waals surface area (Å²) >= 11 is 0. The second-order valence-electron chi connectivity index (χ2n) is 8.23. The third-order valence-corrected chi connectivity index (χ3v) is 6.77. The lowest BCUT2D eigenvalue weighted by Gasteiger charge is -2.29. The molecule has 0 aliphatic rings. The fourth-order valence-electron chi connectivity index (χ4n) is 3.82. The minimum absolute atomic E-state index is 0.112. The van der Waals surface area contributed by atoms with Crippen LogP contribution in [0.2, 0.25) is 0 Å². The predicted molar refractivity (Wildman–Crippen MR) is 139 cm³/mol. The average Bonchev–Trinajstić information content (AvgIpc) is 2.82. The molecule has 2 aromatic rings. The van der Waals surface area contributed by atoms with Gasteiger partial charge in [-0.2, -0.15) is 0 Å². The number of hydrogen-bond donors (Lipinski definition) is 1. The summed E-state index contributed by atoms with van der Waals surface area (Å²) in [5.41, 5.74) is 1.52. The molecule has 0 fully saturated rings. The van der Waals surface area contributed by atoms with E-state index in [-0.39, 0.29) is 24.8 Å². The summed E-state index contributed by atoms with van der Waals surface area (Å²) in [4.78, 5) is 27.3. The number of sulfonamides is 1. The molecule has 0 saturated carbocycles. The molecular formula is C26H37N3O5S. The van der Waals surface area contributed by atoms with Crippen LogP contribution >= 0.6 is 0 Å². The van der Waals surface area contributed by atoms with Crippen molar-refractivity contribution in [3.63, 3.8) is 0 Å². The zero-order valence-electron chi connectivity index (χ0n) is 21.1. The number of carbonyl (C=O) groups is 2. The minimum Gasteiger partial charge on any atom is -0.492 e. The molecule has 0 bridgehead atoms. The van der Waals surface area contributed by atoms with Crippen molar-refractivity contribution in [2.24, 2.45) is 0 Å². The van der Waals surface area contributed by atoms with Crippen LogP contribution in [-0.4, -0.2) is 63.7 Å². The Balaban J connectivity index is 2.13. The first kappa shape index (κ1) is 28.2. The number of para-hydroxylation sites is 2.